The van der Waals surface area contributed by atoms with Crippen molar-refractivity contribution in [2.24, 2.45) is 0 Å². The highest BCUT2D eigenvalue weighted by molar-refractivity contribution is 5.92. The average Bonchev–Trinajstić information content (AvgIpc) is 2.66. The zero-order valence-corrected chi connectivity index (χ0v) is 15.7. The number of aromatic nitrogens is 3. The second-order valence-corrected chi connectivity index (χ2v) is 6.69. The molecule has 2 aromatic carbocycles. The van der Waals surface area contributed by atoms with E-state index in [4.69, 9.17) is 4.74 Å². The molecule has 0 aliphatic rings. The lowest BCUT2D eigenvalue weighted by Crippen LogP contribution is -2.10. The van der Waals surface area contributed by atoms with Crippen LogP contribution in [0.2, 0.25) is 0 Å². The molecule has 0 aliphatic carbocycles. The molecule has 140 valence electrons. The van der Waals surface area contributed by atoms with Crippen molar-refractivity contribution in [3.8, 4) is 28.3 Å². The maximum atomic E-state index is 14.4. The number of methoxy groups -OCH3 is 1. The van der Waals surface area contributed by atoms with Crippen LogP contribution in [0.25, 0.3) is 33.4 Å². The first kappa shape index (κ1) is 17.9. The first-order valence-electron chi connectivity index (χ1n) is 8.78. The van der Waals surface area contributed by atoms with Gasteiger partial charge in [-0.15, -0.1) is 0 Å². The monoisotopic (exact) mass is 375 g/mol. The highest BCUT2D eigenvalue weighted by atomic mass is 19.1. The van der Waals surface area contributed by atoms with Gasteiger partial charge < -0.3 is 4.74 Å². The summed E-state index contributed by atoms with van der Waals surface area (Å²) in [5.74, 6) is 0.0436. The van der Waals surface area contributed by atoms with Gasteiger partial charge in [-0.25, -0.2) is 9.37 Å². The summed E-state index contributed by atoms with van der Waals surface area (Å²) >= 11 is 0. The van der Waals surface area contributed by atoms with E-state index in [0.29, 0.717) is 39.3 Å². The summed E-state index contributed by atoms with van der Waals surface area (Å²) in [7, 11) is 1.49. The lowest BCUT2D eigenvalue weighted by molar-refractivity contribution is 0.397. The molecular formula is C22H18FN3O2. The van der Waals surface area contributed by atoms with Crippen LogP contribution in [0.15, 0.2) is 53.5 Å². The second kappa shape index (κ2) is 6.88. The number of aromatic amines is 1. The van der Waals surface area contributed by atoms with Gasteiger partial charge in [0.25, 0.3) is 5.56 Å². The summed E-state index contributed by atoms with van der Waals surface area (Å²) in [6.07, 6.45) is 1.53. The third-order valence-electron chi connectivity index (χ3n) is 4.58. The molecule has 2 heterocycles. The molecular weight excluding hydrogens is 357 g/mol. The first-order chi connectivity index (χ1) is 13.5. The van der Waals surface area contributed by atoms with Crippen LogP contribution < -0.4 is 10.3 Å². The normalized spacial score (nSPS) is 11.0. The van der Waals surface area contributed by atoms with E-state index >= 15 is 0 Å². The quantitative estimate of drug-likeness (QED) is 0.576. The number of benzene rings is 2. The molecule has 0 fully saturated rings. The van der Waals surface area contributed by atoms with Crippen molar-refractivity contribution in [1.29, 1.82) is 0 Å². The Hall–Kier alpha value is -3.54. The minimum atomic E-state index is -0.340. The van der Waals surface area contributed by atoms with Gasteiger partial charge in [0.1, 0.15) is 5.82 Å². The number of fused-ring (bicyclic) bond motifs is 1. The van der Waals surface area contributed by atoms with E-state index in [-0.39, 0.29) is 11.4 Å². The Morgan fingerprint density at radius 3 is 2.46 bits per heavy atom. The highest BCUT2D eigenvalue weighted by Gasteiger charge is 2.14. The van der Waals surface area contributed by atoms with Crippen LogP contribution in [0.4, 0.5) is 4.39 Å². The fraction of sp³-hybridized carbons (Fsp3) is 0.136. The van der Waals surface area contributed by atoms with E-state index < -0.39 is 0 Å². The summed E-state index contributed by atoms with van der Waals surface area (Å²) < 4.78 is 19.4. The van der Waals surface area contributed by atoms with Gasteiger partial charge in [0, 0.05) is 16.7 Å². The molecule has 4 aromatic rings. The summed E-state index contributed by atoms with van der Waals surface area (Å²) in [6, 6.07) is 12.2. The van der Waals surface area contributed by atoms with E-state index in [9.17, 15) is 9.18 Å². The molecule has 0 saturated heterocycles. The number of H-pyrrole nitrogens is 1. The van der Waals surface area contributed by atoms with Gasteiger partial charge >= 0.3 is 0 Å². The van der Waals surface area contributed by atoms with Crippen LogP contribution in [-0.2, 0) is 0 Å². The number of nitrogens with zero attached hydrogens (tertiary/aromatic N) is 2. The molecule has 0 spiro atoms. The number of pyridine rings is 1. The number of nitrogens with one attached hydrogen (secondary N) is 1. The molecule has 0 saturated carbocycles. The van der Waals surface area contributed by atoms with Gasteiger partial charge in [-0.05, 0) is 61.4 Å². The van der Waals surface area contributed by atoms with Gasteiger partial charge in [0.05, 0.1) is 30.0 Å². The van der Waals surface area contributed by atoms with Crippen molar-refractivity contribution in [3.63, 3.8) is 0 Å². The fourth-order valence-corrected chi connectivity index (χ4v) is 3.21. The van der Waals surface area contributed by atoms with Gasteiger partial charge in [-0.3, -0.25) is 14.8 Å². The number of halogens is 1. The third kappa shape index (κ3) is 3.13. The molecule has 5 nitrogen and oxygen atoms in total. The Kier molecular flexibility index (Phi) is 4.39. The zero-order valence-electron chi connectivity index (χ0n) is 15.7. The number of aryl methyl sites for hydroxylation is 2. The van der Waals surface area contributed by atoms with Crippen molar-refractivity contribution in [1.82, 2.24) is 15.0 Å². The van der Waals surface area contributed by atoms with Gasteiger partial charge in [0.2, 0.25) is 0 Å². The molecule has 0 aliphatic heterocycles. The average molecular weight is 375 g/mol. The van der Waals surface area contributed by atoms with E-state index in [1.54, 1.807) is 18.2 Å². The Labute approximate surface area is 160 Å². The van der Waals surface area contributed by atoms with E-state index in [2.05, 4.69) is 15.0 Å². The number of hydrogen-bond donors (Lipinski definition) is 1. The van der Waals surface area contributed by atoms with Gasteiger partial charge in [0.15, 0.2) is 5.88 Å². The van der Waals surface area contributed by atoms with Crippen molar-refractivity contribution in [2.75, 3.05) is 7.11 Å². The molecule has 0 atom stereocenters. The maximum absolute atomic E-state index is 14.4. The minimum absolute atomic E-state index is 0.276. The molecule has 2 aromatic heterocycles. The van der Waals surface area contributed by atoms with Crippen LogP contribution in [0, 0.1) is 19.7 Å². The molecule has 0 radical (unpaired) electrons. The second-order valence-electron chi connectivity index (χ2n) is 6.69. The van der Waals surface area contributed by atoms with Gasteiger partial charge in [-0.1, -0.05) is 6.07 Å². The van der Waals surface area contributed by atoms with Crippen molar-refractivity contribution < 1.29 is 9.13 Å². The Balaban J connectivity index is 1.92. The lowest BCUT2D eigenvalue weighted by atomic mass is 10.0. The SMILES string of the molecule is COc1ccc(-c2cc(C)cc3nc(-c4ccc(C)cc4F)cnc23)c(=O)[nH]1. The predicted octanol–water partition coefficient (Wildman–Crippen LogP) is 4.42. The molecule has 28 heavy (non-hydrogen) atoms. The first-order valence-corrected chi connectivity index (χ1v) is 8.78. The van der Waals surface area contributed by atoms with E-state index in [1.165, 1.54) is 19.4 Å². The smallest absolute Gasteiger partial charge is 0.258 e. The largest absolute Gasteiger partial charge is 0.482 e. The minimum Gasteiger partial charge on any atom is -0.482 e. The highest BCUT2D eigenvalue weighted by Crippen LogP contribution is 2.29. The molecule has 1 N–H and O–H groups in total. The summed E-state index contributed by atoms with van der Waals surface area (Å²) in [5, 5.41) is 0. The van der Waals surface area contributed by atoms with Gasteiger partial charge in [-0.2, -0.15) is 0 Å². The predicted molar refractivity (Wildman–Crippen MR) is 107 cm³/mol. The number of hydrogen-bond acceptors (Lipinski definition) is 4. The molecule has 4 rings (SSSR count). The van der Waals surface area contributed by atoms with Crippen LogP contribution >= 0.6 is 0 Å². The lowest BCUT2D eigenvalue weighted by Gasteiger charge is -2.10. The maximum Gasteiger partial charge on any atom is 0.258 e. The summed E-state index contributed by atoms with van der Waals surface area (Å²) in [4.78, 5) is 24.3. The molecule has 0 bridgehead atoms. The van der Waals surface area contributed by atoms with Crippen LogP contribution in [0.3, 0.4) is 0 Å². The van der Waals surface area contributed by atoms with Crippen molar-refractivity contribution in [3.05, 3.63) is 76.0 Å². The van der Waals surface area contributed by atoms with Crippen molar-refractivity contribution in [2.45, 2.75) is 13.8 Å². The topological polar surface area (TPSA) is 67.9 Å². The Morgan fingerprint density at radius 1 is 0.964 bits per heavy atom. The van der Waals surface area contributed by atoms with E-state index in [1.807, 2.05) is 32.0 Å². The fourth-order valence-electron chi connectivity index (χ4n) is 3.21. The Bertz CT molecular complexity index is 1260. The Morgan fingerprint density at radius 2 is 1.75 bits per heavy atom. The molecule has 0 unspecified atom stereocenters. The number of rotatable bonds is 3. The molecule has 6 heteroatoms. The zero-order chi connectivity index (χ0) is 19.8. The summed E-state index contributed by atoms with van der Waals surface area (Å²) in [6.45, 7) is 3.75. The third-order valence-corrected chi connectivity index (χ3v) is 4.58. The van der Waals surface area contributed by atoms with E-state index in [0.717, 1.165) is 11.1 Å². The summed E-state index contributed by atoms with van der Waals surface area (Å²) in [5.41, 5.74) is 4.65. The van der Waals surface area contributed by atoms with Crippen LogP contribution in [-0.4, -0.2) is 22.1 Å². The standard InChI is InChI=1S/C22H18FN3O2/c1-12-4-5-15(17(23)9-12)19-11-24-21-16(8-13(2)10-18(21)25-19)14-6-7-20(28-3)26-22(14)27/h4-11H,1-3H3,(H,26,27). The number of ether oxygens (including phenoxy) is 1. The van der Waals surface area contributed by atoms with Crippen LogP contribution in [0.5, 0.6) is 5.88 Å². The molecule has 0 amide bonds. The van der Waals surface area contributed by atoms with Crippen LogP contribution in [0.1, 0.15) is 11.1 Å². The van der Waals surface area contributed by atoms with Crippen molar-refractivity contribution >= 4 is 11.0 Å².